The number of nitrogens with zero attached hydrogens (tertiary/aromatic N) is 1. The number of benzene rings is 1. The molecule has 19 heavy (non-hydrogen) atoms. The first-order valence-corrected chi connectivity index (χ1v) is 7.14. The fourth-order valence-electron chi connectivity index (χ4n) is 1.42. The molecule has 0 unspecified atom stereocenters. The van der Waals surface area contributed by atoms with Crippen LogP contribution in [0.2, 0.25) is 0 Å². The van der Waals surface area contributed by atoms with Crippen molar-refractivity contribution in [3.63, 3.8) is 0 Å². The lowest BCUT2D eigenvalue weighted by molar-refractivity contribution is -0.113. The van der Waals surface area contributed by atoms with E-state index >= 15 is 0 Å². The van der Waals surface area contributed by atoms with Gasteiger partial charge in [-0.05, 0) is 32.3 Å². The summed E-state index contributed by atoms with van der Waals surface area (Å²) in [6.07, 6.45) is 0. The van der Waals surface area contributed by atoms with Crippen molar-refractivity contribution in [2.75, 3.05) is 50.3 Å². The molecule has 5 nitrogen and oxygen atoms in total. The van der Waals surface area contributed by atoms with Gasteiger partial charge in [0.2, 0.25) is 5.91 Å². The Hall–Kier alpha value is -1.40. The molecule has 0 radical (unpaired) electrons. The summed E-state index contributed by atoms with van der Waals surface area (Å²) in [6, 6.07) is 5.17. The molecule has 0 saturated heterocycles. The normalized spacial score (nSPS) is 10.5. The highest BCUT2D eigenvalue weighted by Crippen LogP contribution is 2.26. The van der Waals surface area contributed by atoms with Crippen LogP contribution in [0, 0.1) is 0 Å². The number of thioether (sulfide) groups is 1. The van der Waals surface area contributed by atoms with Gasteiger partial charge in [-0.25, -0.2) is 0 Å². The van der Waals surface area contributed by atoms with Crippen molar-refractivity contribution in [3.8, 4) is 5.75 Å². The molecular weight excluding hydrogens is 262 g/mol. The van der Waals surface area contributed by atoms with Gasteiger partial charge in [-0.1, -0.05) is 0 Å². The molecule has 106 valence electrons. The Morgan fingerprint density at radius 3 is 2.84 bits per heavy atom. The maximum absolute atomic E-state index is 11.8. The highest BCUT2D eigenvalue weighted by molar-refractivity contribution is 7.99. The SMILES string of the molecule is COc1ccc(N)cc1NC(=O)CSCCN(C)C. The lowest BCUT2D eigenvalue weighted by Gasteiger charge is -2.11. The zero-order valence-electron chi connectivity index (χ0n) is 11.6. The highest BCUT2D eigenvalue weighted by atomic mass is 32.2. The Morgan fingerprint density at radius 1 is 1.47 bits per heavy atom. The molecule has 0 heterocycles. The van der Waals surface area contributed by atoms with E-state index in [1.807, 2.05) is 14.1 Å². The van der Waals surface area contributed by atoms with Crippen molar-refractivity contribution in [1.29, 1.82) is 0 Å². The summed E-state index contributed by atoms with van der Waals surface area (Å²) < 4.78 is 5.17. The zero-order chi connectivity index (χ0) is 14.3. The summed E-state index contributed by atoms with van der Waals surface area (Å²) in [5.41, 5.74) is 6.90. The first-order chi connectivity index (χ1) is 9.02. The quantitative estimate of drug-likeness (QED) is 0.586. The van der Waals surface area contributed by atoms with E-state index in [1.54, 1.807) is 37.1 Å². The van der Waals surface area contributed by atoms with E-state index < -0.39 is 0 Å². The van der Waals surface area contributed by atoms with Gasteiger partial charge >= 0.3 is 0 Å². The van der Waals surface area contributed by atoms with E-state index in [2.05, 4.69) is 10.2 Å². The third-order valence-electron chi connectivity index (χ3n) is 2.41. The predicted octanol–water partition coefficient (Wildman–Crippen LogP) is 1.51. The van der Waals surface area contributed by atoms with Gasteiger partial charge in [0.25, 0.3) is 0 Å². The van der Waals surface area contributed by atoms with Crippen LogP contribution in [0.25, 0.3) is 0 Å². The maximum atomic E-state index is 11.8. The van der Waals surface area contributed by atoms with Crippen molar-refractivity contribution in [3.05, 3.63) is 18.2 Å². The van der Waals surface area contributed by atoms with Crippen LogP contribution in [0.4, 0.5) is 11.4 Å². The second-order valence-electron chi connectivity index (χ2n) is 4.36. The first-order valence-electron chi connectivity index (χ1n) is 5.98. The van der Waals surface area contributed by atoms with E-state index in [9.17, 15) is 4.79 Å². The van der Waals surface area contributed by atoms with Gasteiger partial charge < -0.3 is 20.7 Å². The minimum Gasteiger partial charge on any atom is -0.495 e. The van der Waals surface area contributed by atoms with E-state index in [1.165, 1.54) is 0 Å². The van der Waals surface area contributed by atoms with E-state index in [0.717, 1.165) is 12.3 Å². The molecule has 0 saturated carbocycles. The summed E-state index contributed by atoms with van der Waals surface area (Å²) in [4.78, 5) is 13.9. The molecule has 1 rings (SSSR count). The molecule has 0 fully saturated rings. The molecule has 0 atom stereocenters. The third-order valence-corrected chi connectivity index (χ3v) is 3.35. The van der Waals surface area contributed by atoms with Crippen LogP contribution in [-0.4, -0.2) is 50.1 Å². The van der Waals surface area contributed by atoms with Gasteiger partial charge in [0, 0.05) is 18.0 Å². The molecule has 1 aromatic carbocycles. The standard InChI is InChI=1S/C13H21N3O2S/c1-16(2)6-7-19-9-13(17)15-11-8-10(14)4-5-12(11)18-3/h4-5,8H,6-7,9,14H2,1-3H3,(H,15,17). The number of methoxy groups -OCH3 is 1. The Balaban J connectivity index is 2.45. The lowest BCUT2D eigenvalue weighted by atomic mass is 10.2. The Labute approximate surface area is 118 Å². The van der Waals surface area contributed by atoms with Crippen LogP contribution in [0.3, 0.4) is 0 Å². The van der Waals surface area contributed by atoms with Crippen LogP contribution in [0.15, 0.2) is 18.2 Å². The molecule has 0 bridgehead atoms. The number of amides is 1. The average Bonchev–Trinajstić information content (AvgIpc) is 2.35. The predicted molar refractivity (Wildman–Crippen MR) is 81.9 cm³/mol. The van der Waals surface area contributed by atoms with Gasteiger partial charge in [-0.15, -0.1) is 0 Å². The Kier molecular flexibility index (Phi) is 6.52. The minimum atomic E-state index is -0.0485. The van der Waals surface area contributed by atoms with Crippen molar-refractivity contribution in [2.24, 2.45) is 0 Å². The average molecular weight is 283 g/mol. The van der Waals surface area contributed by atoms with Crippen LogP contribution in [0.1, 0.15) is 0 Å². The van der Waals surface area contributed by atoms with E-state index in [0.29, 0.717) is 22.9 Å². The molecule has 6 heteroatoms. The number of carbonyl (C=O) groups excluding carboxylic acids is 1. The van der Waals surface area contributed by atoms with Crippen molar-refractivity contribution >= 4 is 29.0 Å². The van der Waals surface area contributed by atoms with Crippen LogP contribution < -0.4 is 15.8 Å². The van der Waals surface area contributed by atoms with Crippen molar-refractivity contribution in [1.82, 2.24) is 4.90 Å². The maximum Gasteiger partial charge on any atom is 0.234 e. The van der Waals surface area contributed by atoms with Crippen LogP contribution in [-0.2, 0) is 4.79 Å². The second-order valence-corrected chi connectivity index (χ2v) is 5.47. The summed E-state index contributed by atoms with van der Waals surface area (Å²) in [5.74, 6) is 1.91. The number of ether oxygens (including phenoxy) is 1. The molecule has 0 aliphatic carbocycles. The molecular formula is C13H21N3O2S. The number of nitrogen functional groups attached to an aromatic ring is 1. The fourth-order valence-corrected chi connectivity index (χ4v) is 2.32. The van der Waals surface area contributed by atoms with Gasteiger partial charge in [0.1, 0.15) is 5.75 Å². The Bertz CT molecular complexity index is 424. The lowest BCUT2D eigenvalue weighted by Crippen LogP contribution is -2.18. The van der Waals surface area contributed by atoms with Crippen molar-refractivity contribution < 1.29 is 9.53 Å². The summed E-state index contributed by atoms with van der Waals surface area (Å²) in [5, 5.41) is 2.81. The molecule has 3 N–H and O–H groups in total. The molecule has 1 aromatic rings. The number of nitrogens with two attached hydrogens (primary N) is 1. The van der Waals surface area contributed by atoms with Gasteiger partial charge in [-0.2, -0.15) is 11.8 Å². The Morgan fingerprint density at radius 2 is 2.21 bits per heavy atom. The van der Waals surface area contributed by atoms with Crippen LogP contribution in [0.5, 0.6) is 5.75 Å². The summed E-state index contributed by atoms with van der Waals surface area (Å²) in [7, 11) is 5.59. The first kappa shape index (κ1) is 15.7. The highest BCUT2D eigenvalue weighted by Gasteiger charge is 2.08. The largest absolute Gasteiger partial charge is 0.495 e. The van der Waals surface area contributed by atoms with Gasteiger partial charge in [0.05, 0.1) is 18.6 Å². The zero-order valence-corrected chi connectivity index (χ0v) is 12.4. The summed E-state index contributed by atoms with van der Waals surface area (Å²) in [6.45, 7) is 0.958. The fraction of sp³-hybridized carbons (Fsp3) is 0.462. The van der Waals surface area contributed by atoms with Crippen molar-refractivity contribution in [2.45, 2.75) is 0 Å². The molecule has 0 aliphatic heterocycles. The number of rotatable bonds is 7. The third kappa shape index (κ3) is 5.85. The number of carbonyl (C=O) groups is 1. The van der Waals surface area contributed by atoms with E-state index in [4.69, 9.17) is 10.5 Å². The monoisotopic (exact) mass is 283 g/mol. The molecule has 0 spiro atoms. The van der Waals surface area contributed by atoms with Gasteiger partial charge in [0.15, 0.2) is 0 Å². The number of nitrogens with one attached hydrogen (secondary N) is 1. The van der Waals surface area contributed by atoms with Gasteiger partial charge in [-0.3, -0.25) is 4.79 Å². The molecule has 0 aliphatic rings. The summed E-state index contributed by atoms with van der Waals surface area (Å²) >= 11 is 1.60. The smallest absolute Gasteiger partial charge is 0.234 e. The number of hydrogen-bond donors (Lipinski definition) is 2. The van der Waals surface area contributed by atoms with Crippen LogP contribution >= 0.6 is 11.8 Å². The number of anilines is 2. The second kappa shape index (κ2) is 7.91. The molecule has 1 amide bonds. The number of hydrogen-bond acceptors (Lipinski definition) is 5. The molecule has 0 aromatic heterocycles. The topological polar surface area (TPSA) is 67.6 Å². The van der Waals surface area contributed by atoms with E-state index in [-0.39, 0.29) is 5.91 Å². The minimum absolute atomic E-state index is 0.0485.